The van der Waals surface area contributed by atoms with Gasteiger partial charge in [-0.15, -0.1) is 0 Å². The summed E-state index contributed by atoms with van der Waals surface area (Å²) < 4.78 is 0. The normalized spacial score (nSPS) is 15.3. The fourth-order valence-corrected chi connectivity index (χ4v) is 0.784. The second kappa shape index (κ2) is 3.94. The van der Waals surface area contributed by atoms with Gasteiger partial charge in [-0.1, -0.05) is 26.7 Å². The second-order valence-electron chi connectivity index (χ2n) is 3.14. The first-order chi connectivity index (χ1) is 4.48. The first-order valence-corrected chi connectivity index (χ1v) is 3.93. The SMILES string of the molecule is CCCCC(C)C(C)(O)O. The van der Waals surface area contributed by atoms with Crippen LogP contribution in [0.4, 0.5) is 0 Å². The Balaban J connectivity index is 3.52. The van der Waals surface area contributed by atoms with E-state index < -0.39 is 5.79 Å². The van der Waals surface area contributed by atoms with E-state index in [-0.39, 0.29) is 5.92 Å². The Hall–Kier alpha value is -0.0800. The van der Waals surface area contributed by atoms with E-state index in [9.17, 15) is 0 Å². The lowest BCUT2D eigenvalue weighted by atomic mass is 9.96. The zero-order valence-corrected chi connectivity index (χ0v) is 7.09. The maximum absolute atomic E-state index is 9.07. The lowest BCUT2D eigenvalue weighted by Crippen LogP contribution is -2.31. The molecule has 0 saturated heterocycles. The second-order valence-corrected chi connectivity index (χ2v) is 3.14. The molecule has 0 aromatic rings. The Bertz CT molecular complexity index is 83.7. The van der Waals surface area contributed by atoms with Crippen molar-refractivity contribution in [1.29, 1.82) is 0 Å². The summed E-state index contributed by atoms with van der Waals surface area (Å²) in [4.78, 5) is 0. The monoisotopic (exact) mass is 146 g/mol. The summed E-state index contributed by atoms with van der Waals surface area (Å²) in [5.74, 6) is -1.51. The van der Waals surface area contributed by atoms with Gasteiger partial charge >= 0.3 is 0 Å². The van der Waals surface area contributed by atoms with E-state index in [0.29, 0.717) is 0 Å². The maximum atomic E-state index is 9.07. The minimum atomic E-state index is -1.49. The highest BCUT2D eigenvalue weighted by molar-refractivity contribution is 4.65. The van der Waals surface area contributed by atoms with Gasteiger partial charge in [-0.05, 0) is 13.3 Å². The van der Waals surface area contributed by atoms with Crippen LogP contribution in [0.2, 0.25) is 0 Å². The minimum absolute atomic E-state index is 0.0209. The molecule has 0 saturated carbocycles. The van der Waals surface area contributed by atoms with Crippen molar-refractivity contribution < 1.29 is 10.2 Å². The van der Waals surface area contributed by atoms with Crippen molar-refractivity contribution in [2.45, 2.75) is 45.8 Å². The van der Waals surface area contributed by atoms with Crippen molar-refractivity contribution >= 4 is 0 Å². The van der Waals surface area contributed by atoms with Gasteiger partial charge in [0.05, 0.1) is 0 Å². The predicted octanol–water partition coefficient (Wildman–Crippen LogP) is 1.51. The Morgan fingerprint density at radius 2 is 1.90 bits per heavy atom. The molecule has 0 aliphatic rings. The summed E-state index contributed by atoms with van der Waals surface area (Å²) in [5.41, 5.74) is 0. The van der Waals surface area contributed by atoms with Gasteiger partial charge in [0.15, 0.2) is 5.79 Å². The van der Waals surface area contributed by atoms with Crippen molar-refractivity contribution in [2.75, 3.05) is 0 Å². The van der Waals surface area contributed by atoms with E-state index in [0.717, 1.165) is 19.3 Å². The van der Waals surface area contributed by atoms with Gasteiger partial charge in [0.1, 0.15) is 0 Å². The van der Waals surface area contributed by atoms with Crippen molar-refractivity contribution in [3.63, 3.8) is 0 Å². The molecule has 0 aliphatic heterocycles. The smallest absolute Gasteiger partial charge is 0.162 e. The van der Waals surface area contributed by atoms with Crippen molar-refractivity contribution in [3.05, 3.63) is 0 Å². The molecular formula is C8H18O2. The first kappa shape index (κ1) is 9.92. The topological polar surface area (TPSA) is 40.5 Å². The standard InChI is InChI=1S/C8H18O2/c1-4-5-6-7(2)8(3,9)10/h7,9-10H,4-6H2,1-3H3. The maximum Gasteiger partial charge on any atom is 0.162 e. The molecule has 0 amide bonds. The van der Waals surface area contributed by atoms with Gasteiger partial charge in [0, 0.05) is 5.92 Å². The van der Waals surface area contributed by atoms with Crippen LogP contribution in [-0.4, -0.2) is 16.0 Å². The van der Waals surface area contributed by atoms with Gasteiger partial charge in [-0.3, -0.25) is 0 Å². The molecule has 0 aromatic heterocycles. The van der Waals surface area contributed by atoms with Crippen LogP contribution in [-0.2, 0) is 0 Å². The Morgan fingerprint density at radius 1 is 1.40 bits per heavy atom. The summed E-state index contributed by atoms with van der Waals surface area (Å²) in [6, 6.07) is 0. The van der Waals surface area contributed by atoms with Crippen molar-refractivity contribution in [2.24, 2.45) is 5.92 Å². The highest BCUT2D eigenvalue weighted by atomic mass is 16.5. The number of aliphatic hydroxyl groups is 2. The Morgan fingerprint density at radius 3 is 2.20 bits per heavy atom. The number of unbranched alkanes of at least 4 members (excludes halogenated alkanes) is 1. The fraction of sp³-hybridized carbons (Fsp3) is 1.00. The molecule has 0 radical (unpaired) electrons. The van der Waals surface area contributed by atoms with Crippen LogP contribution >= 0.6 is 0 Å². The highest BCUT2D eigenvalue weighted by Crippen LogP contribution is 2.18. The number of rotatable bonds is 4. The van der Waals surface area contributed by atoms with Gasteiger partial charge < -0.3 is 10.2 Å². The van der Waals surface area contributed by atoms with Crippen LogP contribution in [0.1, 0.15) is 40.0 Å². The molecule has 0 rings (SSSR count). The molecule has 1 atom stereocenters. The van der Waals surface area contributed by atoms with E-state index in [1.807, 2.05) is 6.92 Å². The van der Waals surface area contributed by atoms with E-state index in [1.54, 1.807) is 0 Å². The van der Waals surface area contributed by atoms with Crippen LogP contribution in [0.25, 0.3) is 0 Å². The van der Waals surface area contributed by atoms with Gasteiger partial charge in [-0.25, -0.2) is 0 Å². The number of hydrogen-bond acceptors (Lipinski definition) is 2. The lowest BCUT2D eigenvalue weighted by Gasteiger charge is -2.23. The molecule has 2 heteroatoms. The van der Waals surface area contributed by atoms with E-state index in [2.05, 4.69) is 6.92 Å². The quantitative estimate of drug-likeness (QED) is 0.590. The Labute approximate surface area is 62.9 Å². The molecule has 62 valence electrons. The molecular weight excluding hydrogens is 128 g/mol. The third kappa shape index (κ3) is 3.85. The molecule has 0 aliphatic carbocycles. The highest BCUT2D eigenvalue weighted by Gasteiger charge is 2.23. The zero-order valence-electron chi connectivity index (χ0n) is 7.09. The van der Waals surface area contributed by atoms with Crippen molar-refractivity contribution in [3.8, 4) is 0 Å². The Kier molecular flexibility index (Phi) is 3.91. The lowest BCUT2D eigenvalue weighted by molar-refractivity contribution is -0.182. The summed E-state index contributed by atoms with van der Waals surface area (Å²) in [5, 5.41) is 18.1. The average Bonchev–Trinajstić information content (AvgIpc) is 1.80. The van der Waals surface area contributed by atoms with Gasteiger partial charge in [0.25, 0.3) is 0 Å². The summed E-state index contributed by atoms with van der Waals surface area (Å²) in [6.07, 6.45) is 3.07. The van der Waals surface area contributed by atoms with Crippen molar-refractivity contribution in [1.82, 2.24) is 0 Å². The zero-order chi connectivity index (χ0) is 8.20. The van der Waals surface area contributed by atoms with E-state index in [4.69, 9.17) is 10.2 Å². The molecule has 2 N–H and O–H groups in total. The molecule has 0 fully saturated rings. The van der Waals surface area contributed by atoms with Crippen LogP contribution < -0.4 is 0 Å². The molecule has 2 nitrogen and oxygen atoms in total. The fourth-order valence-electron chi connectivity index (χ4n) is 0.784. The van der Waals surface area contributed by atoms with E-state index in [1.165, 1.54) is 6.92 Å². The van der Waals surface area contributed by atoms with Crippen LogP contribution in [0.5, 0.6) is 0 Å². The van der Waals surface area contributed by atoms with E-state index >= 15 is 0 Å². The molecule has 1 unspecified atom stereocenters. The van der Waals surface area contributed by atoms with Crippen LogP contribution in [0.3, 0.4) is 0 Å². The molecule has 10 heavy (non-hydrogen) atoms. The first-order valence-electron chi connectivity index (χ1n) is 3.93. The molecule has 0 heterocycles. The molecule has 0 bridgehead atoms. The third-order valence-corrected chi connectivity index (χ3v) is 1.92. The molecule has 0 aromatic carbocycles. The third-order valence-electron chi connectivity index (χ3n) is 1.92. The van der Waals surface area contributed by atoms with Gasteiger partial charge in [-0.2, -0.15) is 0 Å². The molecule has 0 spiro atoms. The minimum Gasteiger partial charge on any atom is -0.366 e. The summed E-state index contributed by atoms with van der Waals surface area (Å²) >= 11 is 0. The average molecular weight is 146 g/mol. The van der Waals surface area contributed by atoms with Crippen LogP contribution in [0, 0.1) is 5.92 Å². The largest absolute Gasteiger partial charge is 0.366 e. The summed E-state index contributed by atoms with van der Waals surface area (Å²) in [7, 11) is 0. The number of hydrogen-bond donors (Lipinski definition) is 2. The van der Waals surface area contributed by atoms with Crippen LogP contribution in [0.15, 0.2) is 0 Å². The van der Waals surface area contributed by atoms with Gasteiger partial charge in [0.2, 0.25) is 0 Å². The summed E-state index contributed by atoms with van der Waals surface area (Å²) in [6.45, 7) is 5.39. The predicted molar refractivity (Wildman–Crippen MR) is 41.5 cm³/mol.